The van der Waals surface area contributed by atoms with Crippen molar-refractivity contribution in [1.82, 2.24) is 10.2 Å². The van der Waals surface area contributed by atoms with Crippen molar-refractivity contribution in [1.29, 1.82) is 0 Å². The first-order valence-corrected chi connectivity index (χ1v) is 8.23. The molecule has 0 bridgehead atoms. The smallest absolute Gasteiger partial charge is 0.179 e. The Labute approximate surface area is 128 Å². The zero-order valence-electron chi connectivity index (χ0n) is 13.4. The Balaban J connectivity index is 1.63. The molecule has 0 amide bonds. The third-order valence-electron chi connectivity index (χ3n) is 4.28. The highest BCUT2D eigenvalue weighted by Crippen LogP contribution is 2.09. The quantitative estimate of drug-likeness (QED) is 0.589. The van der Waals surface area contributed by atoms with Crippen LogP contribution in [0.4, 0.5) is 0 Å². The molecule has 1 aliphatic heterocycles. The van der Waals surface area contributed by atoms with E-state index < -0.39 is 0 Å². The summed E-state index contributed by atoms with van der Waals surface area (Å²) < 4.78 is 0. The van der Waals surface area contributed by atoms with Crippen molar-refractivity contribution in [3.8, 4) is 0 Å². The fraction of sp³-hybridized carbons (Fsp3) is 0.611. The number of likely N-dealkylation sites (tertiary alicyclic amines) is 1. The van der Waals surface area contributed by atoms with E-state index in [0.717, 1.165) is 18.5 Å². The number of hydrogen-bond donors (Lipinski definition) is 1. The van der Waals surface area contributed by atoms with Crippen LogP contribution in [0.5, 0.6) is 0 Å². The van der Waals surface area contributed by atoms with Crippen molar-refractivity contribution in [3.63, 3.8) is 0 Å². The second-order valence-corrected chi connectivity index (χ2v) is 6.16. The molecular formula is C18H28N2O. The highest BCUT2D eigenvalue weighted by atomic mass is 16.1. The highest BCUT2D eigenvalue weighted by molar-refractivity contribution is 5.99. The van der Waals surface area contributed by atoms with Crippen molar-refractivity contribution in [2.75, 3.05) is 26.2 Å². The normalized spacial score (nSPS) is 17.0. The predicted octanol–water partition coefficient (Wildman–Crippen LogP) is 3.03. The Kier molecular flexibility index (Phi) is 6.40. The van der Waals surface area contributed by atoms with Crippen molar-refractivity contribution < 1.29 is 4.79 Å². The van der Waals surface area contributed by atoms with E-state index in [4.69, 9.17) is 0 Å². The van der Waals surface area contributed by atoms with Crippen LogP contribution >= 0.6 is 0 Å². The number of carbonyl (C=O) groups excluding carboxylic acids is 1. The van der Waals surface area contributed by atoms with E-state index in [1.807, 2.05) is 38.1 Å². The largest absolute Gasteiger partial charge is 0.307 e. The maximum atomic E-state index is 12.3. The monoisotopic (exact) mass is 288 g/mol. The number of unbranched alkanes of at least 4 members (excludes halogenated alkanes) is 1. The summed E-state index contributed by atoms with van der Waals surface area (Å²) in [5, 5.41) is 3.35. The predicted molar refractivity (Wildman–Crippen MR) is 87.9 cm³/mol. The molecule has 2 rings (SSSR count). The number of benzene rings is 1. The summed E-state index contributed by atoms with van der Waals surface area (Å²) in [6.07, 6.45) is 5.08. The van der Waals surface area contributed by atoms with Crippen LogP contribution in [0.15, 0.2) is 24.3 Å². The molecule has 0 radical (unpaired) electrons. The maximum absolute atomic E-state index is 12.3. The summed E-state index contributed by atoms with van der Waals surface area (Å²) in [5.74, 6) is 0.189. The highest BCUT2D eigenvalue weighted by Gasteiger charge is 2.14. The molecule has 1 heterocycles. The van der Waals surface area contributed by atoms with Crippen LogP contribution in [-0.4, -0.2) is 42.9 Å². The van der Waals surface area contributed by atoms with Gasteiger partial charge >= 0.3 is 0 Å². The van der Waals surface area contributed by atoms with Gasteiger partial charge in [0, 0.05) is 5.56 Å². The van der Waals surface area contributed by atoms with Gasteiger partial charge in [0.05, 0.1) is 6.04 Å². The standard InChI is InChI=1S/C18H28N2O/c1-15-7-9-17(10-8-15)18(21)16(2)19-11-3-4-12-20-13-5-6-14-20/h7-10,16,19H,3-6,11-14H2,1-2H3. The first-order valence-electron chi connectivity index (χ1n) is 8.23. The Morgan fingerprint density at radius 1 is 1.19 bits per heavy atom. The summed E-state index contributed by atoms with van der Waals surface area (Å²) in [6, 6.07) is 7.73. The minimum absolute atomic E-state index is 0.0977. The van der Waals surface area contributed by atoms with E-state index in [0.29, 0.717) is 0 Å². The summed E-state index contributed by atoms with van der Waals surface area (Å²) in [4.78, 5) is 14.8. The first-order chi connectivity index (χ1) is 10.2. The van der Waals surface area contributed by atoms with Crippen LogP contribution in [0, 0.1) is 6.92 Å². The van der Waals surface area contributed by atoms with Gasteiger partial charge in [-0.3, -0.25) is 4.79 Å². The molecule has 21 heavy (non-hydrogen) atoms. The van der Waals surface area contributed by atoms with E-state index in [-0.39, 0.29) is 11.8 Å². The molecule has 1 saturated heterocycles. The second kappa shape index (κ2) is 8.30. The van der Waals surface area contributed by atoms with Gasteiger partial charge in [-0.25, -0.2) is 0 Å². The molecule has 1 unspecified atom stereocenters. The summed E-state index contributed by atoms with van der Waals surface area (Å²) in [7, 11) is 0. The Hall–Kier alpha value is -1.19. The minimum Gasteiger partial charge on any atom is -0.307 e. The molecule has 3 heteroatoms. The van der Waals surface area contributed by atoms with Gasteiger partial charge < -0.3 is 10.2 Å². The van der Waals surface area contributed by atoms with Crippen LogP contribution in [0.1, 0.15) is 48.5 Å². The molecule has 3 nitrogen and oxygen atoms in total. The van der Waals surface area contributed by atoms with Crippen molar-refractivity contribution >= 4 is 5.78 Å². The maximum Gasteiger partial charge on any atom is 0.179 e. The molecule has 1 aromatic rings. The Morgan fingerprint density at radius 3 is 2.52 bits per heavy atom. The lowest BCUT2D eigenvalue weighted by Gasteiger charge is -2.15. The molecule has 0 saturated carbocycles. The molecular weight excluding hydrogens is 260 g/mol. The lowest BCUT2D eigenvalue weighted by atomic mass is 10.0. The van der Waals surface area contributed by atoms with Crippen molar-refractivity contribution in [2.45, 2.75) is 45.6 Å². The lowest BCUT2D eigenvalue weighted by Crippen LogP contribution is -2.35. The molecule has 1 aliphatic rings. The fourth-order valence-electron chi connectivity index (χ4n) is 2.85. The molecule has 116 valence electrons. The Morgan fingerprint density at radius 2 is 1.86 bits per heavy atom. The Bertz CT molecular complexity index is 435. The lowest BCUT2D eigenvalue weighted by molar-refractivity contribution is 0.0951. The minimum atomic E-state index is -0.0977. The number of nitrogens with zero attached hydrogens (tertiary/aromatic N) is 1. The SMILES string of the molecule is Cc1ccc(C(=O)C(C)NCCCCN2CCCC2)cc1. The number of Topliss-reactive ketones (excluding diaryl/α,β-unsaturated/α-hetero) is 1. The first kappa shape index (κ1) is 16.2. The van der Waals surface area contributed by atoms with Gasteiger partial charge in [0.25, 0.3) is 0 Å². The van der Waals surface area contributed by atoms with Crippen LogP contribution in [0.3, 0.4) is 0 Å². The van der Waals surface area contributed by atoms with Gasteiger partial charge in [0.2, 0.25) is 0 Å². The van der Waals surface area contributed by atoms with Gasteiger partial charge in [-0.2, -0.15) is 0 Å². The summed E-state index contributed by atoms with van der Waals surface area (Å²) in [6.45, 7) is 8.68. The van der Waals surface area contributed by atoms with E-state index >= 15 is 0 Å². The number of ketones is 1. The zero-order chi connectivity index (χ0) is 15.1. The van der Waals surface area contributed by atoms with Crippen molar-refractivity contribution in [3.05, 3.63) is 35.4 Å². The van der Waals surface area contributed by atoms with Crippen LogP contribution < -0.4 is 5.32 Å². The number of hydrogen-bond acceptors (Lipinski definition) is 3. The molecule has 0 aliphatic carbocycles. The molecule has 1 fully saturated rings. The summed E-state index contributed by atoms with van der Waals surface area (Å²) >= 11 is 0. The molecule has 1 N–H and O–H groups in total. The van der Waals surface area contributed by atoms with E-state index in [1.54, 1.807) is 0 Å². The topological polar surface area (TPSA) is 32.3 Å². The number of carbonyl (C=O) groups is 1. The second-order valence-electron chi connectivity index (χ2n) is 6.16. The van der Waals surface area contributed by atoms with E-state index in [9.17, 15) is 4.79 Å². The number of rotatable bonds is 8. The van der Waals surface area contributed by atoms with E-state index in [2.05, 4.69) is 10.2 Å². The summed E-state index contributed by atoms with van der Waals surface area (Å²) in [5.41, 5.74) is 1.99. The molecule has 1 aromatic carbocycles. The third-order valence-corrected chi connectivity index (χ3v) is 4.28. The zero-order valence-corrected chi connectivity index (χ0v) is 13.4. The van der Waals surface area contributed by atoms with Crippen LogP contribution in [0.2, 0.25) is 0 Å². The van der Waals surface area contributed by atoms with Gasteiger partial charge in [0.15, 0.2) is 5.78 Å². The average Bonchev–Trinajstić information content (AvgIpc) is 3.00. The van der Waals surface area contributed by atoms with Crippen LogP contribution in [0.25, 0.3) is 0 Å². The molecule has 0 spiro atoms. The van der Waals surface area contributed by atoms with Crippen LogP contribution in [-0.2, 0) is 0 Å². The number of aryl methyl sites for hydroxylation is 1. The third kappa shape index (κ3) is 5.25. The van der Waals surface area contributed by atoms with Gasteiger partial charge in [-0.05, 0) is 65.7 Å². The van der Waals surface area contributed by atoms with Gasteiger partial charge in [-0.15, -0.1) is 0 Å². The number of nitrogens with one attached hydrogen (secondary N) is 1. The van der Waals surface area contributed by atoms with Crippen molar-refractivity contribution in [2.24, 2.45) is 0 Å². The molecule has 0 aromatic heterocycles. The fourth-order valence-corrected chi connectivity index (χ4v) is 2.85. The van der Waals surface area contributed by atoms with Gasteiger partial charge in [-0.1, -0.05) is 29.8 Å². The molecule has 1 atom stereocenters. The van der Waals surface area contributed by atoms with E-state index in [1.165, 1.54) is 44.5 Å². The average molecular weight is 288 g/mol. The van der Waals surface area contributed by atoms with Gasteiger partial charge in [0.1, 0.15) is 0 Å².